The number of anilines is 1. The van der Waals surface area contributed by atoms with Crippen LogP contribution in [0.3, 0.4) is 0 Å². The van der Waals surface area contributed by atoms with Crippen LogP contribution in [0.15, 0.2) is 18.2 Å². The number of methoxy groups -OCH3 is 1. The summed E-state index contributed by atoms with van der Waals surface area (Å²) in [6, 6.07) is 6.43. The Bertz CT molecular complexity index is 549. The minimum atomic E-state index is 0.739. The lowest BCUT2D eigenvalue weighted by Crippen LogP contribution is -2.43. The predicted molar refractivity (Wildman–Crippen MR) is 80.3 cm³/mol. The average Bonchev–Trinajstić information content (AvgIpc) is 2.88. The zero-order chi connectivity index (χ0) is 13.1. The van der Waals surface area contributed by atoms with Gasteiger partial charge in [0, 0.05) is 39.7 Å². The number of hydrogen-bond acceptors (Lipinski definition) is 5. The van der Waals surface area contributed by atoms with Crippen molar-refractivity contribution in [2.24, 2.45) is 0 Å². The number of thiazole rings is 1. The summed E-state index contributed by atoms with van der Waals surface area (Å²) in [4.78, 5) is 7.16. The first-order valence-corrected chi connectivity index (χ1v) is 7.53. The molecule has 1 aliphatic heterocycles. The molecule has 0 bridgehead atoms. The number of benzene rings is 1. The topological polar surface area (TPSA) is 37.4 Å². The van der Waals surface area contributed by atoms with Crippen molar-refractivity contribution in [3.8, 4) is 0 Å². The molecule has 1 aromatic carbocycles. The number of ether oxygens (including phenoxy) is 1. The van der Waals surface area contributed by atoms with E-state index < -0.39 is 0 Å². The quantitative estimate of drug-likeness (QED) is 0.926. The van der Waals surface area contributed by atoms with Crippen molar-refractivity contribution >= 4 is 27.2 Å². The summed E-state index contributed by atoms with van der Waals surface area (Å²) in [6.07, 6.45) is 0.900. The molecule has 2 aromatic rings. The van der Waals surface area contributed by atoms with Gasteiger partial charge in [0.1, 0.15) is 0 Å². The normalized spacial score (nSPS) is 16.2. The largest absolute Gasteiger partial charge is 0.384 e. The molecule has 19 heavy (non-hydrogen) atoms. The molecule has 1 aliphatic rings. The van der Waals surface area contributed by atoms with Crippen molar-refractivity contribution in [2.75, 3.05) is 44.8 Å². The van der Waals surface area contributed by atoms with Gasteiger partial charge in [-0.2, -0.15) is 0 Å². The number of aromatic nitrogens is 1. The summed E-state index contributed by atoms with van der Waals surface area (Å²) in [5, 5.41) is 4.56. The van der Waals surface area contributed by atoms with Gasteiger partial charge in [0.25, 0.3) is 0 Å². The van der Waals surface area contributed by atoms with Gasteiger partial charge < -0.3 is 15.0 Å². The molecule has 0 unspecified atom stereocenters. The molecule has 0 radical (unpaired) electrons. The maximum atomic E-state index is 5.14. The van der Waals surface area contributed by atoms with Crippen LogP contribution in [0.2, 0.25) is 0 Å². The molecule has 4 nitrogen and oxygen atoms in total. The maximum absolute atomic E-state index is 5.14. The third kappa shape index (κ3) is 2.73. The fourth-order valence-electron chi connectivity index (χ4n) is 2.43. The van der Waals surface area contributed by atoms with Crippen LogP contribution in [-0.4, -0.2) is 44.9 Å². The van der Waals surface area contributed by atoms with Gasteiger partial charge in [-0.05, 0) is 12.1 Å². The Morgan fingerprint density at radius 2 is 2.21 bits per heavy atom. The Balaban J connectivity index is 1.92. The van der Waals surface area contributed by atoms with Crippen molar-refractivity contribution in [1.29, 1.82) is 0 Å². The number of hydrogen-bond donors (Lipinski definition) is 1. The van der Waals surface area contributed by atoms with Crippen LogP contribution in [0.5, 0.6) is 0 Å². The summed E-state index contributed by atoms with van der Waals surface area (Å²) < 4.78 is 6.45. The fourth-order valence-corrected chi connectivity index (χ4v) is 3.52. The van der Waals surface area contributed by atoms with E-state index in [4.69, 9.17) is 9.72 Å². The lowest BCUT2D eigenvalue weighted by atomic mass is 10.2. The number of piperazine rings is 1. The van der Waals surface area contributed by atoms with E-state index in [9.17, 15) is 0 Å². The Morgan fingerprint density at radius 1 is 1.37 bits per heavy atom. The van der Waals surface area contributed by atoms with Crippen LogP contribution in [0.4, 0.5) is 5.69 Å². The fraction of sp³-hybridized carbons (Fsp3) is 0.500. The van der Waals surface area contributed by atoms with Crippen molar-refractivity contribution in [3.05, 3.63) is 23.2 Å². The average molecular weight is 277 g/mol. The van der Waals surface area contributed by atoms with Gasteiger partial charge in [-0.1, -0.05) is 6.07 Å². The zero-order valence-corrected chi connectivity index (χ0v) is 12.0. The van der Waals surface area contributed by atoms with E-state index in [-0.39, 0.29) is 0 Å². The molecule has 5 heteroatoms. The highest BCUT2D eigenvalue weighted by Gasteiger charge is 2.15. The molecule has 0 atom stereocenters. The van der Waals surface area contributed by atoms with E-state index in [1.54, 1.807) is 18.4 Å². The first-order valence-electron chi connectivity index (χ1n) is 6.71. The van der Waals surface area contributed by atoms with Crippen LogP contribution in [0.25, 0.3) is 10.2 Å². The molecule has 3 rings (SSSR count). The Labute approximate surface area is 117 Å². The van der Waals surface area contributed by atoms with Gasteiger partial charge in [-0.25, -0.2) is 4.98 Å². The molecule has 1 fully saturated rings. The van der Waals surface area contributed by atoms with E-state index in [0.29, 0.717) is 0 Å². The highest BCUT2D eigenvalue weighted by atomic mass is 32.1. The molecule has 2 heterocycles. The number of nitrogens with zero attached hydrogens (tertiary/aromatic N) is 2. The van der Waals surface area contributed by atoms with Gasteiger partial charge in [0.2, 0.25) is 0 Å². The molecule has 1 aromatic heterocycles. The molecule has 0 aliphatic carbocycles. The van der Waals surface area contributed by atoms with E-state index in [2.05, 4.69) is 28.4 Å². The van der Waals surface area contributed by atoms with Crippen molar-refractivity contribution in [3.63, 3.8) is 0 Å². The molecular weight excluding hydrogens is 258 g/mol. The molecule has 1 N–H and O–H groups in total. The smallest absolute Gasteiger partial charge is 0.0962 e. The van der Waals surface area contributed by atoms with E-state index in [1.807, 2.05) is 0 Å². The van der Waals surface area contributed by atoms with Gasteiger partial charge >= 0.3 is 0 Å². The Hall–Kier alpha value is -1.17. The second-order valence-corrected chi connectivity index (χ2v) is 5.80. The van der Waals surface area contributed by atoms with Crippen LogP contribution in [0, 0.1) is 0 Å². The SMILES string of the molecule is COCCc1nc2cccc(N3CCNCC3)c2s1. The monoisotopic (exact) mass is 277 g/mol. The third-order valence-electron chi connectivity index (χ3n) is 3.42. The van der Waals surface area contributed by atoms with E-state index >= 15 is 0 Å². The summed E-state index contributed by atoms with van der Waals surface area (Å²) >= 11 is 1.80. The standard InChI is InChI=1S/C14H19N3OS/c1-18-10-5-13-16-11-3-2-4-12(14(11)19-13)17-8-6-15-7-9-17/h2-4,15H,5-10H2,1H3. The van der Waals surface area contributed by atoms with Crippen LogP contribution < -0.4 is 10.2 Å². The summed E-state index contributed by atoms with van der Waals surface area (Å²) in [6.45, 7) is 5.01. The van der Waals surface area contributed by atoms with E-state index in [1.165, 1.54) is 15.4 Å². The zero-order valence-electron chi connectivity index (χ0n) is 11.2. The molecule has 0 spiro atoms. The van der Waals surface area contributed by atoms with Crippen molar-refractivity contribution in [1.82, 2.24) is 10.3 Å². The minimum Gasteiger partial charge on any atom is -0.384 e. The van der Waals surface area contributed by atoms with Crippen LogP contribution >= 0.6 is 11.3 Å². The third-order valence-corrected chi connectivity index (χ3v) is 4.57. The van der Waals surface area contributed by atoms with Gasteiger partial charge in [0.15, 0.2) is 0 Å². The minimum absolute atomic E-state index is 0.739. The van der Waals surface area contributed by atoms with E-state index in [0.717, 1.165) is 44.7 Å². The van der Waals surface area contributed by atoms with Crippen molar-refractivity contribution in [2.45, 2.75) is 6.42 Å². The highest BCUT2D eigenvalue weighted by molar-refractivity contribution is 7.19. The molecule has 0 saturated carbocycles. The highest BCUT2D eigenvalue weighted by Crippen LogP contribution is 2.32. The predicted octanol–water partition coefficient (Wildman–Crippen LogP) is 1.89. The first-order chi connectivity index (χ1) is 9.38. The molecule has 102 valence electrons. The molecular formula is C14H19N3OS. The number of nitrogens with one attached hydrogen (secondary N) is 1. The van der Waals surface area contributed by atoms with Gasteiger partial charge in [0.05, 0.1) is 27.5 Å². The summed E-state index contributed by atoms with van der Waals surface area (Å²) in [5.41, 5.74) is 2.45. The Kier molecular flexibility index (Phi) is 3.96. The second-order valence-electron chi connectivity index (χ2n) is 4.71. The Morgan fingerprint density at radius 3 is 3.00 bits per heavy atom. The summed E-state index contributed by atoms with van der Waals surface area (Å²) in [7, 11) is 1.74. The second kappa shape index (κ2) is 5.86. The van der Waals surface area contributed by atoms with Crippen LogP contribution in [0.1, 0.15) is 5.01 Å². The van der Waals surface area contributed by atoms with Gasteiger partial charge in [-0.3, -0.25) is 0 Å². The number of rotatable bonds is 4. The summed E-state index contributed by atoms with van der Waals surface area (Å²) in [5.74, 6) is 0. The maximum Gasteiger partial charge on any atom is 0.0962 e. The lowest BCUT2D eigenvalue weighted by molar-refractivity contribution is 0.202. The van der Waals surface area contributed by atoms with Crippen molar-refractivity contribution < 1.29 is 4.74 Å². The number of fused-ring (bicyclic) bond motifs is 1. The lowest BCUT2D eigenvalue weighted by Gasteiger charge is -2.29. The molecule has 0 amide bonds. The van der Waals surface area contributed by atoms with Crippen LogP contribution in [-0.2, 0) is 11.2 Å². The first kappa shape index (κ1) is 12.8. The molecule has 1 saturated heterocycles. The van der Waals surface area contributed by atoms with Gasteiger partial charge in [-0.15, -0.1) is 11.3 Å².